The molecule has 3 nitrogen and oxygen atoms in total. The molecular weight excluding hydrogens is 118 g/mol. The van der Waals surface area contributed by atoms with Crippen LogP contribution in [0, 0.1) is 0 Å². The first kappa shape index (κ1) is 6.55. The maximum Gasteiger partial charge on any atom is 0.220 e. The Balaban J connectivity index is 2.09. The maximum atomic E-state index is 10.6. The minimum atomic E-state index is 0.114. The predicted molar refractivity (Wildman–Crippen MR) is 33.0 cm³/mol. The van der Waals surface area contributed by atoms with Crippen molar-refractivity contribution in [1.82, 2.24) is 5.32 Å². The summed E-state index contributed by atoms with van der Waals surface area (Å²) in [7, 11) is 0. The van der Waals surface area contributed by atoms with Gasteiger partial charge in [-0.25, -0.2) is 0 Å². The fourth-order valence-corrected chi connectivity index (χ4v) is 0.649. The lowest BCUT2D eigenvalue weighted by Crippen LogP contribution is -2.48. The Morgan fingerprint density at radius 3 is 2.78 bits per heavy atom. The van der Waals surface area contributed by atoms with Crippen LogP contribution in [0.2, 0.25) is 0 Å². The molecular formula is C6H11NO2. The summed E-state index contributed by atoms with van der Waals surface area (Å²) in [5, 5.41) is 2.80. The Bertz CT molecular complexity index is 110. The first-order chi connectivity index (χ1) is 4.33. The van der Waals surface area contributed by atoms with Crippen LogP contribution >= 0.6 is 0 Å². The van der Waals surface area contributed by atoms with Gasteiger partial charge in [0.15, 0.2) is 0 Å². The van der Waals surface area contributed by atoms with Crippen molar-refractivity contribution in [1.29, 1.82) is 0 Å². The number of rotatable bonds is 2. The van der Waals surface area contributed by atoms with Crippen LogP contribution in [0.25, 0.3) is 0 Å². The summed E-state index contributed by atoms with van der Waals surface area (Å²) < 4.78 is 4.87. The van der Waals surface area contributed by atoms with Crippen LogP contribution in [-0.4, -0.2) is 25.2 Å². The van der Waals surface area contributed by atoms with Crippen LogP contribution in [0.3, 0.4) is 0 Å². The second kappa shape index (κ2) is 2.82. The van der Waals surface area contributed by atoms with Gasteiger partial charge in [-0.15, -0.1) is 0 Å². The lowest BCUT2D eigenvalue weighted by molar-refractivity contribution is -0.124. The number of carbonyl (C=O) groups is 1. The molecule has 1 amide bonds. The molecule has 0 aromatic heterocycles. The fraction of sp³-hybridized carbons (Fsp3) is 0.833. The van der Waals surface area contributed by atoms with Crippen molar-refractivity contribution in [2.45, 2.75) is 19.4 Å². The number of hydrogen-bond donors (Lipinski definition) is 1. The van der Waals surface area contributed by atoms with E-state index in [4.69, 9.17) is 4.74 Å². The molecule has 0 bridgehead atoms. The highest BCUT2D eigenvalue weighted by molar-refractivity contribution is 5.75. The van der Waals surface area contributed by atoms with E-state index < -0.39 is 0 Å². The largest absolute Gasteiger partial charge is 0.377 e. The van der Waals surface area contributed by atoms with Crippen LogP contribution in [-0.2, 0) is 9.53 Å². The lowest BCUT2D eigenvalue weighted by atomic mass is 10.2. The van der Waals surface area contributed by atoms with E-state index in [-0.39, 0.29) is 11.9 Å². The van der Waals surface area contributed by atoms with Crippen LogP contribution in [0.4, 0.5) is 0 Å². The highest BCUT2D eigenvalue weighted by atomic mass is 16.5. The van der Waals surface area contributed by atoms with Gasteiger partial charge in [-0.3, -0.25) is 4.79 Å². The van der Waals surface area contributed by atoms with E-state index in [0.717, 1.165) is 0 Å². The van der Waals surface area contributed by atoms with Crippen molar-refractivity contribution in [2.24, 2.45) is 0 Å². The average Bonchev–Trinajstić information content (AvgIpc) is 1.78. The van der Waals surface area contributed by atoms with Crippen LogP contribution in [0.1, 0.15) is 13.3 Å². The van der Waals surface area contributed by atoms with Gasteiger partial charge < -0.3 is 10.1 Å². The van der Waals surface area contributed by atoms with Gasteiger partial charge >= 0.3 is 0 Å². The second-order valence-electron chi connectivity index (χ2n) is 2.16. The van der Waals surface area contributed by atoms with Crippen LogP contribution in [0.15, 0.2) is 0 Å². The van der Waals surface area contributed by atoms with E-state index in [1.807, 2.05) is 6.92 Å². The Morgan fingerprint density at radius 2 is 2.44 bits per heavy atom. The Labute approximate surface area is 54.4 Å². The van der Waals surface area contributed by atoms with Crippen molar-refractivity contribution in [2.75, 3.05) is 13.2 Å². The average molecular weight is 129 g/mol. The molecule has 0 aromatic carbocycles. The topological polar surface area (TPSA) is 38.3 Å². The van der Waals surface area contributed by atoms with Gasteiger partial charge in [-0.1, -0.05) is 6.92 Å². The monoisotopic (exact) mass is 129 g/mol. The summed E-state index contributed by atoms with van der Waals surface area (Å²) >= 11 is 0. The normalized spacial score (nSPS) is 18.8. The number of amides is 1. The van der Waals surface area contributed by atoms with E-state index in [0.29, 0.717) is 19.6 Å². The molecule has 9 heavy (non-hydrogen) atoms. The second-order valence-corrected chi connectivity index (χ2v) is 2.16. The first-order valence-electron chi connectivity index (χ1n) is 3.20. The molecule has 0 spiro atoms. The third kappa shape index (κ3) is 1.68. The molecule has 1 N–H and O–H groups in total. The molecule has 0 aromatic rings. The smallest absolute Gasteiger partial charge is 0.220 e. The van der Waals surface area contributed by atoms with E-state index in [1.165, 1.54) is 0 Å². The summed E-state index contributed by atoms with van der Waals surface area (Å²) in [5.41, 5.74) is 0. The molecule has 1 heterocycles. The van der Waals surface area contributed by atoms with Crippen molar-refractivity contribution >= 4 is 5.91 Å². The molecule has 3 heteroatoms. The molecule has 0 unspecified atom stereocenters. The zero-order valence-electron chi connectivity index (χ0n) is 5.52. The van der Waals surface area contributed by atoms with E-state index in [1.54, 1.807) is 0 Å². The van der Waals surface area contributed by atoms with Gasteiger partial charge in [-0.05, 0) is 0 Å². The zero-order valence-corrected chi connectivity index (χ0v) is 5.52. The van der Waals surface area contributed by atoms with Crippen LogP contribution < -0.4 is 5.32 Å². The van der Waals surface area contributed by atoms with E-state index in [2.05, 4.69) is 5.32 Å². The molecule has 0 aliphatic carbocycles. The number of hydrogen-bond acceptors (Lipinski definition) is 2. The van der Waals surface area contributed by atoms with E-state index in [9.17, 15) is 4.79 Å². The highest BCUT2D eigenvalue weighted by Gasteiger charge is 2.18. The quantitative estimate of drug-likeness (QED) is 0.566. The van der Waals surface area contributed by atoms with Gasteiger partial charge in [0.2, 0.25) is 5.91 Å². The van der Waals surface area contributed by atoms with Crippen molar-refractivity contribution in [3.05, 3.63) is 0 Å². The molecule has 0 atom stereocenters. The SMILES string of the molecule is CCC(=O)NC1COC1. The van der Waals surface area contributed by atoms with Crippen LogP contribution in [0.5, 0.6) is 0 Å². The van der Waals surface area contributed by atoms with Gasteiger partial charge in [0, 0.05) is 6.42 Å². The molecule has 1 aliphatic heterocycles. The molecule has 1 fully saturated rings. The molecule has 52 valence electrons. The van der Waals surface area contributed by atoms with Crippen molar-refractivity contribution in [3.8, 4) is 0 Å². The summed E-state index contributed by atoms with van der Waals surface area (Å²) in [6.45, 7) is 3.21. The van der Waals surface area contributed by atoms with Gasteiger partial charge in [-0.2, -0.15) is 0 Å². The highest BCUT2D eigenvalue weighted by Crippen LogP contribution is 1.98. The molecule has 0 saturated carbocycles. The molecule has 0 radical (unpaired) electrons. The standard InChI is InChI=1S/C6H11NO2/c1-2-6(8)7-5-3-9-4-5/h5H,2-4H2,1H3,(H,7,8). The summed E-state index contributed by atoms with van der Waals surface area (Å²) in [4.78, 5) is 10.6. The number of carbonyl (C=O) groups excluding carboxylic acids is 1. The Morgan fingerprint density at radius 1 is 1.78 bits per heavy atom. The minimum Gasteiger partial charge on any atom is -0.377 e. The number of ether oxygens (including phenoxy) is 1. The Kier molecular flexibility index (Phi) is 2.05. The third-order valence-corrected chi connectivity index (χ3v) is 1.32. The molecule has 1 aliphatic rings. The summed E-state index contributed by atoms with van der Waals surface area (Å²) in [5.74, 6) is 0.114. The molecule has 1 rings (SSSR count). The first-order valence-corrected chi connectivity index (χ1v) is 3.20. The van der Waals surface area contributed by atoms with Crippen molar-refractivity contribution < 1.29 is 9.53 Å². The number of nitrogens with one attached hydrogen (secondary N) is 1. The van der Waals surface area contributed by atoms with Gasteiger partial charge in [0.05, 0.1) is 19.3 Å². The summed E-state index contributed by atoms with van der Waals surface area (Å²) in [6.07, 6.45) is 0.566. The minimum absolute atomic E-state index is 0.114. The van der Waals surface area contributed by atoms with Crippen molar-refractivity contribution in [3.63, 3.8) is 0 Å². The Hall–Kier alpha value is -0.570. The predicted octanol–water partition coefficient (Wildman–Crippen LogP) is -0.0886. The van der Waals surface area contributed by atoms with Gasteiger partial charge in [0.1, 0.15) is 0 Å². The van der Waals surface area contributed by atoms with E-state index >= 15 is 0 Å². The third-order valence-electron chi connectivity index (χ3n) is 1.32. The zero-order chi connectivity index (χ0) is 6.69. The van der Waals surface area contributed by atoms with Gasteiger partial charge in [0.25, 0.3) is 0 Å². The lowest BCUT2D eigenvalue weighted by Gasteiger charge is -2.26. The fourth-order valence-electron chi connectivity index (χ4n) is 0.649. The maximum absolute atomic E-state index is 10.6. The summed E-state index contributed by atoms with van der Waals surface area (Å²) in [6, 6.07) is 0.289. The molecule has 1 saturated heterocycles.